The maximum Gasteiger partial charge on any atom is 0.308 e. The second-order valence-corrected chi connectivity index (χ2v) is 13.8. The van der Waals surface area contributed by atoms with Crippen molar-refractivity contribution in [2.24, 2.45) is 5.92 Å². The van der Waals surface area contributed by atoms with Gasteiger partial charge in [-0.3, -0.25) is 24.1 Å². The SMILES string of the molecule is CCOC(=O)C1CCC(OC(C(=O)Cc2cc(Cl)c(NC(=O)c3coc4ccccc34)cc2Cl)(N2CCCC2)N2CCN(C)C(=O)C2)CC1. The standard InChI is InChI=1S/C36H42Cl2N4O7/c1-3-47-35(46)23-10-12-25(13-11-23)49-36(41-14-6-7-15-41,42-17-16-40(2)33(44)21-42)32(43)19-24-18-29(38)30(20-28(24)37)39-34(45)27-22-48-31-9-5-4-8-26(27)31/h4-5,8-9,18,20,22-23,25H,3,6-7,10-17,19,21H2,1-2H3,(H,39,45). The number of piperazine rings is 1. The predicted molar refractivity (Wildman–Crippen MR) is 186 cm³/mol. The van der Waals surface area contributed by atoms with Crippen molar-refractivity contribution in [3.05, 3.63) is 63.8 Å². The highest BCUT2D eigenvalue weighted by molar-refractivity contribution is 6.36. The van der Waals surface area contributed by atoms with Gasteiger partial charge in [0.25, 0.3) is 5.91 Å². The molecule has 2 aliphatic heterocycles. The highest BCUT2D eigenvalue weighted by atomic mass is 35.5. The van der Waals surface area contributed by atoms with Crippen molar-refractivity contribution in [1.29, 1.82) is 0 Å². The molecule has 1 saturated carbocycles. The Morgan fingerprint density at radius 3 is 2.43 bits per heavy atom. The third-order valence-corrected chi connectivity index (χ3v) is 10.5. The minimum Gasteiger partial charge on any atom is -0.466 e. The van der Waals surface area contributed by atoms with Crippen molar-refractivity contribution in [2.45, 2.75) is 63.8 Å². The number of rotatable bonds is 11. The zero-order valence-electron chi connectivity index (χ0n) is 27.8. The van der Waals surface area contributed by atoms with Crippen molar-refractivity contribution in [3.8, 4) is 0 Å². The van der Waals surface area contributed by atoms with Crippen LogP contribution in [0.1, 0.15) is 61.4 Å². The number of carbonyl (C=O) groups is 4. The fourth-order valence-electron chi connectivity index (χ4n) is 7.16. The number of anilines is 1. The summed E-state index contributed by atoms with van der Waals surface area (Å²) in [6, 6.07) is 10.4. The number of ether oxygens (including phenoxy) is 2. The molecular weight excluding hydrogens is 671 g/mol. The number of fused-ring (bicyclic) bond motifs is 1. The first-order valence-corrected chi connectivity index (χ1v) is 17.7. The number of likely N-dealkylation sites (N-methyl/N-ethyl adjacent to an activating group) is 1. The number of halogens is 2. The maximum atomic E-state index is 14.9. The molecule has 2 aromatic carbocycles. The summed E-state index contributed by atoms with van der Waals surface area (Å²) in [6.07, 6.45) is 5.12. The van der Waals surface area contributed by atoms with E-state index in [0.717, 1.165) is 12.8 Å². The number of hydrogen-bond donors (Lipinski definition) is 1. The summed E-state index contributed by atoms with van der Waals surface area (Å²) >= 11 is 13.5. The van der Waals surface area contributed by atoms with Gasteiger partial charge >= 0.3 is 5.97 Å². The second kappa shape index (κ2) is 15.2. The molecule has 1 unspecified atom stereocenters. The molecule has 0 spiro atoms. The Kier molecular flexibility index (Phi) is 11.0. The second-order valence-electron chi connectivity index (χ2n) is 13.0. The summed E-state index contributed by atoms with van der Waals surface area (Å²) in [5, 5.41) is 3.96. The van der Waals surface area contributed by atoms with Crippen LogP contribution in [0, 0.1) is 5.92 Å². The van der Waals surface area contributed by atoms with Gasteiger partial charge in [0, 0.05) is 50.1 Å². The number of furan rings is 1. The zero-order chi connectivity index (χ0) is 34.7. The van der Waals surface area contributed by atoms with Crippen LogP contribution >= 0.6 is 23.2 Å². The summed E-state index contributed by atoms with van der Waals surface area (Å²) in [4.78, 5) is 59.2. The maximum absolute atomic E-state index is 14.9. The molecule has 0 bridgehead atoms. The van der Waals surface area contributed by atoms with E-state index in [-0.39, 0.29) is 52.7 Å². The topological polar surface area (TPSA) is 122 Å². The Morgan fingerprint density at radius 1 is 0.980 bits per heavy atom. The Hall–Kier alpha value is -3.48. The molecule has 1 N–H and O–H groups in total. The normalized spacial score (nSPS) is 21.9. The molecule has 0 radical (unpaired) electrons. The zero-order valence-corrected chi connectivity index (χ0v) is 29.4. The third kappa shape index (κ3) is 7.37. The van der Waals surface area contributed by atoms with Crippen molar-refractivity contribution < 1.29 is 33.1 Å². The Labute approximate surface area is 295 Å². The number of carbonyl (C=O) groups excluding carboxylic acids is 4. The molecule has 6 rings (SSSR count). The van der Waals surface area contributed by atoms with E-state index in [0.29, 0.717) is 86.3 Å². The summed E-state index contributed by atoms with van der Waals surface area (Å²) in [6.45, 7) is 4.32. The van der Waals surface area contributed by atoms with Crippen LogP contribution in [0.5, 0.6) is 0 Å². The van der Waals surface area contributed by atoms with E-state index in [1.165, 1.54) is 6.26 Å². The van der Waals surface area contributed by atoms with Crippen LogP contribution in [0.2, 0.25) is 10.0 Å². The van der Waals surface area contributed by atoms with Crippen LogP contribution in [0.4, 0.5) is 5.69 Å². The molecule has 1 aliphatic carbocycles. The lowest BCUT2D eigenvalue weighted by atomic mass is 9.87. The van der Waals surface area contributed by atoms with Crippen molar-refractivity contribution >= 4 is 63.4 Å². The number of nitrogens with one attached hydrogen (secondary N) is 1. The minimum atomic E-state index is -1.51. The van der Waals surface area contributed by atoms with E-state index >= 15 is 0 Å². The molecule has 49 heavy (non-hydrogen) atoms. The van der Waals surface area contributed by atoms with Gasteiger partial charge in [-0.05, 0) is 69.2 Å². The van der Waals surface area contributed by atoms with Gasteiger partial charge in [0.2, 0.25) is 11.8 Å². The van der Waals surface area contributed by atoms with E-state index in [2.05, 4.69) is 10.2 Å². The molecule has 2 amide bonds. The predicted octanol–water partition coefficient (Wildman–Crippen LogP) is 5.77. The number of likely N-dealkylation sites (tertiary alicyclic amines) is 1. The highest BCUT2D eigenvalue weighted by Crippen LogP contribution is 2.38. The first kappa shape index (κ1) is 35.3. The van der Waals surface area contributed by atoms with Gasteiger partial charge in [0.1, 0.15) is 11.8 Å². The Balaban J connectivity index is 1.27. The monoisotopic (exact) mass is 712 g/mol. The van der Waals surface area contributed by atoms with E-state index in [1.54, 1.807) is 43.1 Å². The van der Waals surface area contributed by atoms with Gasteiger partial charge in [0.15, 0.2) is 5.78 Å². The lowest BCUT2D eigenvalue weighted by molar-refractivity contribution is -0.259. The fraction of sp³-hybridized carbons (Fsp3) is 0.500. The summed E-state index contributed by atoms with van der Waals surface area (Å²) in [7, 11) is 1.76. The number of para-hydroxylation sites is 1. The average Bonchev–Trinajstić information content (AvgIpc) is 3.79. The van der Waals surface area contributed by atoms with Gasteiger partial charge in [-0.25, -0.2) is 4.90 Å². The number of esters is 1. The van der Waals surface area contributed by atoms with Crippen LogP contribution in [0.25, 0.3) is 11.0 Å². The van der Waals surface area contributed by atoms with Crippen LogP contribution in [0.3, 0.4) is 0 Å². The summed E-state index contributed by atoms with van der Waals surface area (Å²) in [5.74, 6) is -2.67. The molecule has 2 saturated heterocycles. The quantitative estimate of drug-likeness (QED) is 0.247. The number of benzene rings is 2. The van der Waals surface area contributed by atoms with Crippen LogP contribution in [-0.4, -0.2) is 96.6 Å². The number of nitrogens with zero attached hydrogens (tertiary/aromatic N) is 3. The molecule has 1 atom stereocenters. The van der Waals surface area contributed by atoms with Crippen molar-refractivity contribution in [2.75, 3.05) is 51.7 Å². The molecule has 3 aromatic rings. The Bertz CT molecular complexity index is 1720. The van der Waals surface area contributed by atoms with Gasteiger partial charge in [0.05, 0.1) is 41.4 Å². The summed E-state index contributed by atoms with van der Waals surface area (Å²) < 4.78 is 17.8. The van der Waals surface area contributed by atoms with Crippen LogP contribution in [0.15, 0.2) is 47.1 Å². The van der Waals surface area contributed by atoms with E-state index in [4.69, 9.17) is 37.1 Å². The fourth-order valence-corrected chi connectivity index (χ4v) is 7.63. The number of ketones is 1. The average molecular weight is 714 g/mol. The first-order chi connectivity index (χ1) is 23.6. The molecule has 3 fully saturated rings. The lowest BCUT2D eigenvalue weighted by Gasteiger charge is -2.51. The number of hydrogen-bond acceptors (Lipinski definition) is 9. The molecule has 262 valence electrons. The van der Waals surface area contributed by atoms with Crippen LogP contribution in [-0.2, 0) is 30.3 Å². The van der Waals surface area contributed by atoms with E-state index in [1.807, 2.05) is 17.0 Å². The van der Waals surface area contributed by atoms with E-state index < -0.39 is 11.8 Å². The molecule has 1 aromatic heterocycles. The van der Waals surface area contributed by atoms with Gasteiger partial charge in [-0.2, -0.15) is 0 Å². The van der Waals surface area contributed by atoms with Crippen LogP contribution < -0.4 is 5.32 Å². The third-order valence-electron chi connectivity index (χ3n) is 9.87. The lowest BCUT2D eigenvalue weighted by Crippen LogP contribution is -2.71. The number of amides is 2. The Morgan fingerprint density at radius 2 is 1.71 bits per heavy atom. The van der Waals surface area contributed by atoms with Gasteiger partial charge in [-0.15, -0.1) is 0 Å². The highest BCUT2D eigenvalue weighted by Gasteiger charge is 2.54. The largest absolute Gasteiger partial charge is 0.466 e. The number of Topliss-reactive ketones (excluding diaryl/α,β-unsaturated/α-hetero) is 1. The molecular formula is C36H42Cl2N4O7. The minimum absolute atomic E-state index is 0.0268. The molecule has 3 aliphatic rings. The molecule has 11 nitrogen and oxygen atoms in total. The molecule has 3 heterocycles. The van der Waals surface area contributed by atoms with E-state index in [9.17, 15) is 19.2 Å². The molecule has 13 heteroatoms. The summed E-state index contributed by atoms with van der Waals surface area (Å²) in [5.41, 5.74) is 1.71. The van der Waals surface area contributed by atoms with Gasteiger partial charge < -0.3 is 24.1 Å². The smallest absolute Gasteiger partial charge is 0.308 e. The first-order valence-electron chi connectivity index (χ1n) is 17.0. The van der Waals surface area contributed by atoms with Crippen molar-refractivity contribution in [1.82, 2.24) is 14.7 Å². The van der Waals surface area contributed by atoms with Crippen molar-refractivity contribution in [3.63, 3.8) is 0 Å². The van der Waals surface area contributed by atoms with Gasteiger partial charge in [-0.1, -0.05) is 41.4 Å².